The molecule has 17 heavy (non-hydrogen) atoms. The molecular weight excluding hydrogens is 226 g/mol. The van der Waals surface area contributed by atoms with E-state index in [1.165, 1.54) is 26.9 Å². The third-order valence-electron chi connectivity index (χ3n) is 3.15. The lowest BCUT2D eigenvalue weighted by atomic mass is 10.0. The van der Waals surface area contributed by atoms with Gasteiger partial charge in [-0.25, -0.2) is 4.57 Å². The van der Waals surface area contributed by atoms with E-state index in [-0.39, 0.29) is 0 Å². The van der Waals surface area contributed by atoms with Crippen LogP contribution in [0, 0.1) is 6.92 Å². The molecule has 0 unspecified atom stereocenters. The minimum atomic E-state index is 1.31. The number of thiophene rings is 1. The SMILES string of the molecule is Cc1ccccc1-c1c2ccsc2cc[n+]1C. The van der Waals surface area contributed by atoms with Crippen LogP contribution in [-0.2, 0) is 7.05 Å². The molecule has 2 heterocycles. The normalized spacial score (nSPS) is 10.9. The van der Waals surface area contributed by atoms with Crippen LogP contribution in [-0.4, -0.2) is 0 Å². The van der Waals surface area contributed by atoms with E-state index in [4.69, 9.17) is 0 Å². The molecule has 0 N–H and O–H groups in total. The van der Waals surface area contributed by atoms with Crippen molar-refractivity contribution in [3.63, 3.8) is 0 Å². The molecule has 0 aliphatic carbocycles. The molecule has 2 aromatic heterocycles. The molecule has 0 fully saturated rings. The van der Waals surface area contributed by atoms with Gasteiger partial charge in [0.1, 0.15) is 7.05 Å². The summed E-state index contributed by atoms with van der Waals surface area (Å²) in [7, 11) is 2.11. The summed E-state index contributed by atoms with van der Waals surface area (Å²) in [5.41, 5.74) is 3.95. The van der Waals surface area contributed by atoms with Gasteiger partial charge in [0.2, 0.25) is 5.69 Å². The number of nitrogens with zero attached hydrogens (tertiary/aromatic N) is 1. The number of hydrogen-bond acceptors (Lipinski definition) is 1. The van der Waals surface area contributed by atoms with E-state index in [0.29, 0.717) is 0 Å². The summed E-state index contributed by atoms with van der Waals surface area (Å²) >= 11 is 1.80. The third kappa shape index (κ3) is 1.65. The van der Waals surface area contributed by atoms with Gasteiger partial charge in [0.05, 0.1) is 5.39 Å². The van der Waals surface area contributed by atoms with Crippen molar-refractivity contribution in [2.75, 3.05) is 0 Å². The van der Waals surface area contributed by atoms with Crippen molar-refractivity contribution in [1.29, 1.82) is 0 Å². The summed E-state index contributed by atoms with van der Waals surface area (Å²) in [4.78, 5) is 0. The molecule has 1 aromatic carbocycles. The maximum atomic E-state index is 2.21. The van der Waals surface area contributed by atoms with Crippen molar-refractivity contribution in [2.45, 2.75) is 6.92 Å². The molecule has 2 heteroatoms. The smallest absolute Gasteiger partial charge is 0.200 e. The van der Waals surface area contributed by atoms with Crippen molar-refractivity contribution < 1.29 is 4.57 Å². The Hall–Kier alpha value is -1.67. The lowest BCUT2D eigenvalue weighted by molar-refractivity contribution is -0.659. The number of aromatic nitrogens is 1. The van der Waals surface area contributed by atoms with Gasteiger partial charge in [-0.1, -0.05) is 18.2 Å². The average Bonchev–Trinajstić information content (AvgIpc) is 2.79. The van der Waals surface area contributed by atoms with Crippen LogP contribution in [0.4, 0.5) is 0 Å². The molecule has 0 atom stereocenters. The van der Waals surface area contributed by atoms with Crippen molar-refractivity contribution in [2.24, 2.45) is 7.05 Å². The molecule has 0 aliphatic rings. The van der Waals surface area contributed by atoms with Gasteiger partial charge in [0.25, 0.3) is 0 Å². The van der Waals surface area contributed by atoms with E-state index in [0.717, 1.165) is 0 Å². The van der Waals surface area contributed by atoms with Crippen LogP contribution in [0.5, 0.6) is 0 Å². The zero-order valence-electron chi connectivity index (χ0n) is 9.97. The van der Waals surface area contributed by atoms with Crippen LogP contribution in [0.2, 0.25) is 0 Å². The monoisotopic (exact) mass is 240 g/mol. The lowest BCUT2D eigenvalue weighted by Gasteiger charge is -2.05. The Kier molecular flexibility index (Phi) is 2.45. The van der Waals surface area contributed by atoms with Crippen LogP contribution in [0.25, 0.3) is 21.3 Å². The second-order valence-electron chi connectivity index (χ2n) is 4.29. The summed E-state index contributed by atoms with van der Waals surface area (Å²) in [5.74, 6) is 0. The van der Waals surface area contributed by atoms with E-state index in [1.807, 2.05) is 0 Å². The zero-order chi connectivity index (χ0) is 11.8. The standard InChI is InChI=1S/C15H14NS/c1-11-5-3-4-6-12(11)15-13-8-10-17-14(13)7-9-16(15)2/h3-10H,1-2H3/q+1. The molecule has 0 saturated carbocycles. The maximum Gasteiger partial charge on any atom is 0.221 e. The molecule has 0 amide bonds. The Labute approximate surface area is 105 Å². The topological polar surface area (TPSA) is 3.88 Å². The van der Waals surface area contributed by atoms with E-state index >= 15 is 0 Å². The highest BCUT2D eigenvalue weighted by Gasteiger charge is 2.16. The molecule has 1 nitrogen and oxygen atoms in total. The highest BCUT2D eigenvalue weighted by Crippen LogP contribution is 2.30. The number of hydrogen-bond donors (Lipinski definition) is 0. The summed E-state index contributed by atoms with van der Waals surface area (Å²) in [5, 5.41) is 3.50. The van der Waals surface area contributed by atoms with Gasteiger partial charge in [-0.05, 0) is 30.0 Å². The van der Waals surface area contributed by atoms with Crippen molar-refractivity contribution in [3.05, 3.63) is 53.5 Å². The van der Waals surface area contributed by atoms with Gasteiger partial charge in [0.15, 0.2) is 6.20 Å². The summed E-state index contributed by atoms with van der Waals surface area (Å²) in [6.07, 6.45) is 2.14. The molecule has 0 bridgehead atoms. The van der Waals surface area contributed by atoms with Crippen molar-refractivity contribution in [1.82, 2.24) is 0 Å². The molecule has 0 aliphatic heterocycles. The molecule has 0 saturated heterocycles. The molecule has 84 valence electrons. The Balaban J connectivity index is 2.40. The van der Waals surface area contributed by atoms with Gasteiger partial charge >= 0.3 is 0 Å². The van der Waals surface area contributed by atoms with E-state index in [2.05, 4.69) is 66.5 Å². The highest BCUT2D eigenvalue weighted by molar-refractivity contribution is 7.17. The molecule has 3 rings (SSSR count). The van der Waals surface area contributed by atoms with E-state index in [1.54, 1.807) is 11.3 Å². The number of pyridine rings is 1. The first kappa shape index (κ1) is 10.5. The highest BCUT2D eigenvalue weighted by atomic mass is 32.1. The predicted molar refractivity (Wildman–Crippen MR) is 73.2 cm³/mol. The van der Waals surface area contributed by atoms with Crippen LogP contribution in [0.15, 0.2) is 48.0 Å². The minimum Gasteiger partial charge on any atom is -0.200 e. The average molecular weight is 240 g/mol. The summed E-state index contributed by atoms with van der Waals surface area (Å²) in [6.45, 7) is 2.17. The first-order chi connectivity index (χ1) is 8.27. The third-order valence-corrected chi connectivity index (χ3v) is 4.03. The van der Waals surface area contributed by atoms with Crippen LogP contribution < -0.4 is 4.57 Å². The van der Waals surface area contributed by atoms with Crippen LogP contribution >= 0.6 is 11.3 Å². The second-order valence-corrected chi connectivity index (χ2v) is 5.24. The number of aryl methyl sites for hydroxylation is 2. The van der Waals surface area contributed by atoms with Gasteiger partial charge in [-0.3, -0.25) is 0 Å². The fraction of sp³-hybridized carbons (Fsp3) is 0.133. The van der Waals surface area contributed by atoms with Gasteiger partial charge in [-0.2, -0.15) is 0 Å². The number of fused-ring (bicyclic) bond motifs is 1. The second kappa shape index (κ2) is 3.97. The maximum absolute atomic E-state index is 2.21. The fourth-order valence-corrected chi connectivity index (χ4v) is 3.05. The lowest BCUT2D eigenvalue weighted by Crippen LogP contribution is -2.30. The molecule has 0 radical (unpaired) electrons. The van der Waals surface area contributed by atoms with E-state index < -0.39 is 0 Å². The quantitative estimate of drug-likeness (QED) is 0.571. The van der Waals surface area contributed by atoms with Crippen LogP contribution in [0.3, 0.4) is 0 Å². The first-order valence-corrected chi connectivity index (χ1v) is 6.57. The Morgan fingerprint density at radius 3 is 2.71 bits per heavy atom. The zero-order valence-corrected chi connectivity index (χ0v) is 10.8. The fourth-order valence-electron chi connectivity index (χ4n) is 2.26. The van der Waals surface area contributed by atoms with Gasteiger partial charge < -0.3 is 0 Å². The van der Waals surface area contributed by atoms with Gasteiger partial charge in [-0.15, -0.1) is 11.3 Å². The molecule has 0 spiro atoms. The van der Waals surface area contributed by atoms with E-state index in [9.17, 15) is 0 Å². The Morgan fingerprint density at radius 1 is 1.06 bits per heavy atom. The van der Waals surface area contributed by atoms with Crippen molar-refractivity contribution >= 4 is 21.4 Å². The summed E-state index contributed by atoms with van der Waals surface area (Å²) < 4.78 is 3.55. The van der Waals surface area contributed by atoms with Crippen LogP contribution in [0.1, 0.15) is 5.56 Å². The minimum absolute atomic E-state index is 1.31. The van der Waals surface area contributed by atoms with Gasteiger partial charge in [0, 0.05) is 16.3 Å². The first-order valence-electron chi connectivity index (χ1n) is 5.69. The van der Waals surface area contributed by atoms with Crippen molar-refractivity contribution in [3.8, 4) is 11.3 Å². The predicted octanol–water partition coefficient (Wildman–Crippen LogP) is 3.70. The largest absolute Gasteiger partial charge is 0.221 e. The summed E-state index contributed by atoms with van der Waals surface area (Å²) in [6, 6.07) is 13.0. The Morgan fingerprint density at radius 2 is 1.88 bits per heavy atom. The number of benzene rings is 1. The molecular formula is C15H14NS+. The molecule has 3 aromatic rings. The Bertz CT molecular complexity index is 682. The number of rotatable bonds is 1.